The molecule has 2 amide bonds. The smallest absolute Gasteiger partial charge is 0.241 e. The van der Waals surface area contributed by atoms with E-state index in [4.69, 9.17) is 11.0 Å². The van der Waals surface area contributed by atoms with Crippen molar-refractivity contribution >= 4 is 17.5 Å². The predicted octanol–water partition coefficient (Wildman–Crippen LogP) is 0.833. The fourth-order valence-corrected chi connectivity index (χ4v) is 2.45. The minimum Gasteiger partial charge on any atom is -0.376 e. The summed E-state index contributed by atoms with van der Waals surface area (Å²) in [7, 11) is 0. The summed E-state index contributed by atoms with van der Waals surface area (Å²) >= 11 is 0. The van der Waals surface area contributed by atoms with Crippen LogP contribution in [0.25, 0.3) is 0 Å². The highest BCUT2D eigenvalue weighted by Crippen LogP contribution is 2.17. The fourth-order valence-electron chi connectivity index (χ4n) is 2.45. The van der Waals surface area contributed by atoms with E-state index in [1.165, 1.54) is 18.2 Å². The number of benzene rings is 1. The van der Waals surface area contributed by atoms with Gasteiger partial charge in [-0.1, -0.05) is 0 Å². The monoisotopic (exact) mass is 304 g/mol. The van der Waals surface area contributed by atoms with Crippen LogP contribution in [0.15, 0.2) is 18.2 Å². The van der Waals surface area contributed by atoms with Crippen LogP contribution in [0.2, 0.25) is 0 Å². The molecule has 1 atom stereocenters. The van der Waals surface area contributed by atoms with E-state index in [0.29, 0.717) is 25.2 Å². The molecule has 1 aliphatic rings. The van der Waals surface area contributed by atoms with Crippen LogP contribution in [0.3, 0.4) is 0 Å². The quantitative estimate of drug-likeness (QED) is 0.860. The third-order valence-electron chi connectivity index (χ3n) is 3.71. The molecule has 0 radical (unpaired) electrons. The summed E-state index contributed by atoms with van der Waals surface area (Å²) in [5.41, 5.74) is 5.70. The molecule has 0 bridgehead atoms. The summed E-state index contributed by atoms with van der Waals surface area (Å²) in [4.78, 5) is 24.9. The molecule has 7 heteroatoms. The van der Waals surface area contributed by atoms with E-state index < -0.39 is 5.82 Å². The van der Waals surface area contributed by atoms with Crippen LogP contribution in [0.1, 0.15) is 18.4 Å². The summed E-state index contributed by atoms with van der Waals surface area (Å²) < 4.78 is 13.2. The maximum absolute atomic E-state index is 13.2. The molecule has 22 heavy (non-hydrogen) atoms. The second-order valence-corrected chi connectivity index (χ2v) is 5.24. The number of hydrogen-bond acceptors (Lipinski definition) is 4. The summed E-state index contributed by atoms with van der Waals surface area (Å²) in [5, 5.41) is 11.6. The summed E-state index contributed by atoms with van der Waals surface area (Å²) in [6, 6.07) is 5.74. The minimum absolute atomic E-state index is 0.0159. The maximum atomic E-state index is 13.2. The van der Waals surface area contributed by atoms with Gasteiger partial charge in [-0.15, -0.1) is 0 Å². The molecular formula is C15H17FN4O2. The van der Waals surface area contributed by atoms with Crippen LogP contribution in [-0.4, -0.2) is 36.3 Å². The lowest BCUT2D eigenvalue weighted by atomic mass is 9.97. The van der Waals surface area contributed by atoms with Crippen LogP contribution >= 0.6 is 0 Å². The Morgan fingerprint density at radius 1 is 1.50 bits per heavy atom. The average Bonchev–Trinajstić information content (AvgIpc) is 2.53. The topological polar surface area (TPSA) is 99.2 Å². The highest BCUT2D eigenvalue weighted by atomic mass is 19.1. The van der Waals surface area contributed by atoms with Gasteiger partial charge < -0.3 is 16.0 Å². The molecule has 1 saturated heterocycles. The zero-order valence-corrected chi connectivity index (χ0v) is 12.0. The van der Waals surface area contributed by atoms with Crippen LogP contribution in [-0.2, 0) is 9.59 Å². The number of likely N-dealkylation sites (tertiary alicyclic amines) is 1. The van der Waals surface area contributed by atoms with Crippen molar-refractivity contribution in [2.45, 2.75) is 12.8 Å². The Hall–Kier alpha value is -2.62. The molecule has 6 nitrogen and oxygen atoms in total. The van der Waals surface area contributed by atoms with E-state index in [1.54, 1.807) is 11.0 Å². The molecular weight excluding hydrogens is 287 g/mol. The molecule has 1 aromatic carbocycles. The number of carbonyl (C=O) groups is 2. The Labute approximate surface area is 127 Å². The highest BCUT2D eigenvalue weighted by molar-refractivity contribution is 5.83. The number of carbonyl (C=O) groups excluding carboxylic acids is 2. The van der Waals surface area contributed by atoms with Crippen molar-refractivity contribution in [3.8, 4) is 6.07 Å². The Bertz CT molecular complexity index is 626. The normalized spacial score (nSPS) is 17.6. The van der Waals surface area contributed by atoms with Gasteiger partial charge in [0.15, 0.2) is 0 Å². The predicted molar refractivity (Wildman–Crippen MR) is 78.1 cm³/mol. The van der Waals surface area contributed by atoms with Crippen molar-refractivity contribution in [1.29, 1.82) is 5.26 Å². The van der Waals surface area contributed by atoms with Crippen molar-refractivity contribution in [2.24, 2.45) is 11.7 Å². The van der Waals surface area contributed by atoms with Gasteiger partial charge in [-0.25, -0.2) is 4.39 Å². The van der Waals surface area contributed by atoms with E-state index in [9.17, 15) is 14.0 Å². The second-order valence-electron chi connectivity index (χ2n) is 5.24. The third kappa shape index (κ3) is 3.73. The molecule has 0 aromatic heterocycles. The number of amides is 2. The molecule has 1 fully saturated rings. The first-order chi connectivity index (χ1) is 10.5. The van der Waals surface area contributed by atoms with E-state index in [1.807, 2.05) is 0 Å². The van der Waals surface area contributed by atoms with E-state index >= 15 is 0 Å². The van der Waals surface area contributed by atoms with Gasteiger partial charge in [0.1, 0.15) is 11.9 Å². The zero-order valence-electron chi connectivity index (χ0n) is 12.0. The second kappa shape index (κ2) is 6.89. The lowest BCUT2D eigenvalue weighted by Gasteiger charge is -2.31. The number of primary amides is 1. The first-order valence-corrected chi connectivity index (χ1v) is 7.02. The molecule has 0 saturated carbocycles. The average molecular weight is 304 g/mol. The van der Waals surface area contributed by atoms with Crippen LogP contribution in [0, 0.1) is 23.1 Å². The number of halogens is 1. The Morgan fingerprint density at radius 3 is 2.95 bits per heavy atom. The number of nitrogens with zero attached hydrogens (tertiary/aromatic N) is 2. The van der Waals surface area contributed by atoms with E-state index in [0.717, 1.165) is 6.42 Å². The van der Waals surface area contributed by atoms with Gasteiger partial charge in [-0.05, 0) is 31.0 Å². The molecule has 3 N–H and O–H groups in total. The molecule has 2 rings (SSSR count). The zero-order chi connectivity index (χ0) is 16.1. The van der Waals surface area contributed by atoms with Gasteiger partial charge in [0.05, 0.1) is 18.0 Å². The van der Waals surface area contributed by atoms with Crippen molar-refractivity contribution < 1.29 is 14.0 Å². The molecule has 0 spiro atoms. The fraction of sp³-hybridized carbons (Fsp3) is 0.400. The minimum atomic E-state index is -0.597. The number of nitrogens with two attached hydrogens (primary N) is 1. The molecule has 0 unspecified atom stereocenters. The lowest BCUT2D eigenvalue weighted by Crippen LogP contribution is -2.45. The SMILES string of the molecule is N#Cc1cc(NCC(=O)N2CCC[C@H](C(N)=O)C2)ccc1F. The summed E-state index contributed by atoms with van der Waals surface area (Å²) in [6.45, 7) is 0.946. The number of nitrogens with one attached hydrogen (secondary N) is 1. The van der Waals surface area contributed by atoms with Crippen LogP contribution < -0.4 is 11.1 Å². The Balaban J connectivity index is 1.92. The number of hydrogen-bond donors (Lipinski definition) is 2. The van der Waals surface area contributed by atoms with Crippen molar-refractivity contribution in [3.05, 3.63) is 29.6 Å². The van der Waals surface area contributed by atoms with Gasteiger partial charge in [0.2, 0.25) is 11.8 Å². The number of rotatable bonds is 4. The molecule has 116 valence electrons. The number of nitriles is 1. The summed E-state index contributed by atoms with van der Waals surface area (Å²) in [6.07, 6.45) is 1.45. The molecule has 1 aliphatic heterocycles. The van der Waals surface area contributed by atoms with Gasteiger partial charge in [-0.2, -0.15) is 5.26 Å². The van der Waals surface area contributed by atoms with Crippen LogP contribution in [0.4, 0.5) is 10.1 Å². The first kappa shape index (κ1) is 15.8. The Morgan fingerprint density at radius 2 is 2.27 bits per heavy atom. The number of anilines is 1. The first-order valence-electron chi connectivity index (χ1n) is 7.02. The summed E-state index contributed by atoms with van der Waals surface area (Å²) in [5.74, 6) is -1.44. The van der Waals surface area contributed by atoms with Crippen molar-refractivity contribution in [3.63, 3.8) is 0 Å². The standard InChI is InChI=1S/C15H17FN4O2/c16-13-4-3-12(6-11(13)7-17)19-8-14(21)20-5-1-2-10(9-20)15(18)22/h3-4,6,10,19H,1-2,5,8-9H2,(H2,18,22)/t10-/m0/s1. The lowest BCUT2D eigenvalue weighted by molar-refractivity contribution is -0.133. The van der Waals surface area contributed by atoms with E-state index in [2.05, 4.69) is 5.32 Å². The largest absolute Gasteiger partial charge is 0.376 e. The van der Waals surface area contributed by atoms with Crippen LogP contribution in [0.5, 0.6) is 0 Å². The van der Waals surface area contributed by atoms with Crippen molar-refractivity contribution in [2.75, 3.05) is 25.0 Å². The Kier molecular flexibility index (Phi) is 4.94. The van der Waals surface area contributed by atoms with E-state index in [-0.39, 0.29) is 29.8 Å². The van der Waals surface area contributed by atoms with Gasteiger partial charge in [0, 0.05) is 18.8 Å². The molecule has 0 aliphatic carbocycles. The molecule has 1 heterocycles. The van der Waals surface area contributed by atoms with Crippen molar-refractivity contribution in [1.82, 2.24) is 4.90 Å². The van der Waals surface area contributed by atoms with Gasteiger partial charge in [0.25, 0.3) is 0 Å². The molecule has 1 aromatic rings. The van der Waals surface area contributed by atoms with Gasteiger partial charge >= 0.3 is 0 Å². The number of piperidine rings is 1. The third-order valence-corrected chi connectivity index (χ3v) is 3.71. The maximum Gasteiger partial charge on any atom is 0.241 e. The van der Waals surface area contributed by atoms with Gasteiger partial charge in [-0.3, -0.25) is 9.59 Å². The highest BCUT2D eigenvalue weighted by Gasteiger charge is 2.26.